The van der Waals surface area contributed by atoms with Crippen LogP contribution in [0.5, 0.6) is 0 Å². The molecule has 1 amide bonds. The van der Waals surface area contributed by atoms with E-state index in [1.54, 1.807) is 24.3 Å². The molecule has 1 fully saturated rings. The second-order valence-electron chi connectivity index (χ2n) is 7.29. The van der Waals surface area contributed by atoms with Crippen LogP contribution >= 0.6 is 11.3 Å². The van der Waals surface area contributed by atoms with Gasteiger partial charge >= 0.3 is 0 Å². The quantitative estimate of drug-likeness (QED) is 0.646. The third-order valence-corrected chi connectivity index (χ3v) is 8.17. The van der Waals surface area contributed by atoms with Crippen molar-refractivity contribution in [3.8, 4) is 0 Å². The molecule has 1 aromatic heterocycles. The molecule has 1 N–H and O–H groups in total. The monoisotopic (exact) mass is 442 g/mol. The Balaban J connectivity index is 1.57. The number of nitrogens with zero attached hydrogens (tertiary/aromatic N) is 3. The number of anilines is 1. The Morgan fingerprint density at radius 3 is 2.60 bits per heavy atom. The SMILES string of the molecule is Cc1ccc(S(=O)(=O)N2CCCC2c2nnc(C(=O)Nc3ccccc3)s2)cc1C. The molecule has 9 heteroatoms. The van der Waals surface area contributed by atoms with E-state index in [9.17, 15) is 13.2 Å². The number of rotatable bonds is 5. The first-order valence-corrected chi connectivity index (χ1v) is 11.9. The van der Waals surface area contributed by atoms with E-state index in [0.717, 1.165) is 28.9 Å². The van der Waals surface area contributed by atoms with Crippen molar-refractivity contribution in [2.75, 3.05) is 11.9 Å². The first kappa shape index (κ1) is 20.6. The van der Waals surface area contributed by atoms with Crippen LogP contribution in [0.25, 0.3) is 0 Å². The van der Waals surface area contributed by atoms with E-state index in [1.165, 1.54) is 4.31 Å². The number of sulfonamides is 1. The molecule has 1 saturated heterocycles. The van der Waals surface area contributed by atoms with Gasteiger partial charge in [0.1, 0.15) is 5.01 Å². The minimum Gasteiger partial charge on any atom is -0.320 e. The summed E-state index contributed by atoms with van der Waals surface area (Å²) in [4.78, 5) is 12.8. The zero-order valence-corrected chi connectivity index (χ0v) is 18.3. The van der Waals surface area contributed by atoms with Gasteiger partial charge in [0.25, 0.3) is 5.91 Å². The van der Waals surface area contributed by atoms with E-state index < -0.39 is 16.1 Å². The van der Waals surface area contributed by atoms with Crippen molar-refractivity contribution >= 4 is 33.0 Å². The molecule has 1 aliphatic rings. The maximum atomic E-state index is 13.3. The van der Waals surface area contributed by atoms with Gasteiger partial charge in [0.2, 0.25) is 15.0 Å². The molecule has 1 unspecified atom stereocenters. The Hall–Kier alpha value is -2.62. The van der Waals surface area contributed by atoms with Crippen molar-refractivity contribution in [2.24, 2.45) is 0 Å². The van der Waals surface area contributed by atoms with Crippen LogP contribution in [0.4, 0.5) is 5.69 Å². The Morgan fingerprint density at radius 2 is 1.87 bits per heavy atom. The van der Waals surface area contributed by atoms with Gasteiger partial charge in [-0.1, -0.05) is 35.6 Å². The highest BCUT2D eigenvalue weighted by Crippen LogP contribution is 2.38. The average molecular weight is 443 g/mol. The zero-order chi connectivity index (χ0) is 21.3. The zero-order valence-electron chi connectivity index (χ0n) is 16.7. The van der Waals surface area contributed by atoms with Crippen molar-refractivity contribution in [2.45, 2.75) is 37.6 Å². The number of hydrogen-bond acceptors (Lipinski definition) is 6. The molecule has 2 aromatic carbocycles. The van der Waals surface area contributed by atoms with Crippen LogP contribution in [0.3, 0.4) is 0 Å². The van der Waals surface area contributed by atoms with Gasteiger partial charge in [-0.05, 0) is 62.1 Å². The second kappa shape index (κ2) is 8.25. The lowest BCUT2D eigenvalue weighted by Gasteiger charge is -2.22. The summed E-state index contributed by atoms with van der Waals surface area (Å²) in [5, 5.41) is 11.7. The largest absolute Gasteiger partial charge is 0.320 e. The van der Waals surface area contributed by atoms with E-state index in [2.05, 4.69) is 15.5 Å². The van der Waals surface area contributed by atoms with Crippen molar-refractivity contribution in [1.82, 2.24) is 14.5 Å². The molecule has 1 aliphatic heterocycles. The molecule has 1 atom stereocenters. The molecule has 0 saturated carbocycles. The van der Waals surface area contributed by atoms with E-state index >= 15 is 0 Å². The maximum absolute atomic E-state index is 13.3. The fraction of sp³-hybridized carbons (Fsp3) is 0.286. The predicted octanol–water partition coefficient (Wildman–Crippen LogP) is 3.93. The summed E-state index contributed by atoms with van der Waals surface area (Å²) < 4.78 is 28.0. The lowest BCUT2D eigenvalue weighted by atomic mass is 10.1. The predicted molar refractivity (Wildman–Crippen MR) is 116 cm³/mol. The molecule has 3 aromatic rings. The minimum absolute atomic E-state index is 0.212. The Kier molecular flexibility index (Phi) is 5.68. The third kappa shape index (κ3) is 4.00. The summed E-state index contributed by atoms with van der Waals surface area (Å²) in [6.07, 6.45) is 1.39. The van der Waals surface area contributed by atoms with Gasteiger partial charge in [-0.25, -0.2) is 8.42 Å². The lowest BCUT2D eigenvalue weighted by molar-refractivity contribution is 0.102. The summed E-state index contributed by atoms with van der Waals surface area (Å²) >= 11 is 1.14. The van der Waals surface area contributed by atoms with Gasteiger partial charge < -0.3 is 5.32 Å². The fourth-order valence-corrected chi connectivity index (χ4v) is 6.15. The number of amides is 1. The van der Waals surface area contributed by atoms with E-state index in [-0.39, 0.29) is 15.8 Å². The minimum atomic E-state index is -3.66. The first-order valence-electron chi connectivity index (χ1n) is 9.65. The molecule has 0 spiro atoms. The Morgan fingerprint density at radius 1 is 1.10 bits per heavy atom. The second-order valence-corrected chi connectivity index (χ2v) is 10.2. The molecule has 0 aliphatic carbocycles. The van der Waals surface area contributed by atoms with Gasteiger partial charge in [0.05, 0.1) is 10.9 Å². The molecule has 4 rings (SSSR count). The normalized spacial score (nSPS) is 17.2. The van der Waals surface area contributed by atoms with Gasteiger partial charge in [0, 0.05) is 12.2 Å². The fourth-order valence-electron chi connectivity index (χ4n) is 3.45. The lowest BCUT2D eigenvalue weighted by Crippen LogP contribution is -2.30. The average Bonchev–Trinajstić information content (AvgIpc) is 3.40. The summed E-state index contributed by atoms with van der Waals surface area (Å²) in [7, 11) is -3.66. The topological polar surface area (TPSA) is 92.3 Å². The first-order chi connectivity index (χ1) is 14.4. The number of aryl methyl sites for hydroxylation is 2. The van der Waals surface area contributed by atoms with Gasteiger partial charge in [-0.3, -0.25) is 4.79 Å². The number of carbonyl (C=O) groups excluding carboxylic acids is 1. The molecule has 30 heavy (non-hydrogen) atoms. The van der Waals surface area contributed by atoms with Gasteiger partial charge in [-0.15, -0.1) is 10.2 Å². The molecule has 0 bridgehead atoms. The number of benzene rings is 2. The number of nitrogens with one attached hydrogen (secondary N) is 1. The molecular weight excluding hydrogens is 420 g/mol. The molecular formula is C21H22N4O3S2. The van der Waals surface area contributed by atoms with Crippen LogP contribution in [-0.2, 0) is 10.0 Å². The van der Waals surface area contributed by atoms with E-state index in [1.807, 2.05) is 38.1 Å². The summed E-state index contributed by atoms with van der Waals surface area (Å²) in [5.74, 6) is -0.355. The highest BCUT2D eigenvalue weighted by atomic mass is 32.2. The summed E-state index contributed by atoms with van der Waals surface area (Å²) in [6, 6.07) is 13.9. The van der Waals surface area contributed by atoms with Crippen molar-refractivity contribution in [1.29, 1.82) is 0 Å². The molecule has 2 heterocycles. The van der Waals surface area contributed by atoms with E-state index in [4.69, 9.17) is 0 Å². The molecule has 0 radical (unpaired) electrons. The van der Waals surface area contributed by atoms with Gasteiger partial charge in [-0.2, -0.15) is 4.31 Å². The van der Waals surface area contributed by atoms with Crippen LogP contribution < -0.4 is 5.32 Å². The van der Waals surface area contributed by atoms with Crippen molar-refractivity contribution in [3.63, 3.8) is 0 Å². The maximum Gasteiger partial charge on any atom is 0.286 e. The van der Waals surface area contributed by atoms with Crippen LogP contribution in [0.2, 0.25) is 0 Å². The number of hydrogen-bond donors (Lipinski definition) is 1. The summed E-state index contributed by atoms with van der Waals surface area (Å²) in [6.45, 7) is 4.27. The van der Waals surface area contributed by atoms with Crippen LogP contribution in [0.1, 0.15) is 44.8 Å². The Bertz CT molecular complexity index is 1180. The molecule has 156 valence electrons. The number of carbonyl (C=O) groups is 1. The van der Waals surface area contributed by atoms with Crippen LogP contribution in [0, 0.1) is 13.8 Å². The smallest absolute Gasteiger partial charge is 0.286 e. The van der Waals surface area contributed by atoms with Crippen LogP contribution in [0.15, 0.2) is 53.4 Å². The highest BCUT2D eigenvalue weighted by molar-refractivity contribution is 7.89. The number of aromatic nitrogens is 2. The van der Waals surface area contributed by atoms with Gasteiger partial charge in [0.15, 0.2) is 0 Å². The van der Waals surface area contributed by atoms with Crippen LogP contribution in [-0.4, -0.2) is 35.4 Å². The Labute approximate surface area is 179 Å². The van der Waals surface area contributed by atoms with Crippen molar-refractivity contribution < 1.29 is 13.2 Å². The standard InChI is InChI=1S/C21H22N4O3S2/c1-14-10-11-17(13-15(14)2)30(27,28)25-12-6-9-18(25)20-23-24-21(29-20)19(26)22-16-7-4-3-5-8-16/h3-5,7-8,10-11,13,18H,6,9,12H2,1-2H3,(H,22,26). The number of para-hydroxylation sites is 1. The summed E-state index contributed by atoms with van der Waals surface area (Å²) in [5.41, 5.74) is 2.65. The third-order valence-electron chi connectivity index (χ3n) is 5.24. The molecule has 7 nitrogen and oxygen atoms in total. The van der Waals surface area contributed by atoms with E-state index in [0.29, 0.717) is 23.7 Å². The van der Waals surface area contributed by atoms with Crippen molar-refractivity contribution in [3.05, 3.63) is 69.7 Å². The highest BCUT2D eigenvalue weighted by Gasteiger charge is 2.38.